The molecule has 0 spiro atoms. The van der Waals surface area contributed by atoms with E-state index in [9.17, 15) is 14.7 Å². The number of hydrogen-bond acceptors (Lipinski definition) is 3. The molecule has 0 saturated carbocycles. The Morgan fingerprint density at radius 3 is 2.26 bits per heavy atom. The molecule has 0 saturated heterocycles. The van der Waals surface area contributed by atoms with Crippen LogP contribution in [0.2, 0.25) is 0 Å². The number of carbonyl (C=O) groups excluding carboxylic acids is 1. The van der Waals surface area contributed by atoms with Crippen molar-refractivity contribution in [1.82, 2.24) is 10.2 Å². The maximum Gasteiger partial charge on any atom is 0.326 e. The largest absolute Gasteiger partial charge is 0.480 e. The van der Waals surface area contributed by atoms with Gasteiger partial charge in [0.05, 0.1) is 0 Å². The molecule has 6 heteroatoms. The van der Waals surface area contributed by atoms with Crippen LogP contribution in [0.15, 0.2) is 0 Å². The molecule has 0 fully saturated rings. The van der Waals surface area contributed by atoms with Crippen LogP contribution < -0.4 is 5.32 Å². The third-order valence-corrected chi connectivity index (χ3v) is 3.75. The normalized spacial score (nSPS) is 14.6. The Labute approximate surface area is 120 Å². The SMILES string of the molecule is CSCCC(C)N(C)C(=O)N[C@@H](C(=O)O)C(C)(C)C. The molecule has 1 unspecified atom stereocenters. The Balaban J connectivity index is 4.61. The van der Waals surface area contributed by atoms with Gasteiger partial charge in [0, 0.05) is 13.1 Å². The summed E-state index contributed by atoms with van der Waals surface area (Å²) in [5.41, 5.74) is -0.523. The summed E-state index contributed by atoms with van der Waals surface area (Å²) >= 11 is 1.73. The average molecular weight is 290 g/mol. The summed E-state index contributed by atoms with van der Waals surface area (Å²) in [6.07, 6.45) is 2.91. The maximum atomic E-state index is 12.1. The summed E-state index contributed by atoms with van der Waals surface area (Å²) in [5.74, 6) is -0.0357. The van der Waals surface area contributed by atoms with E-state index in [1.54, 1.807) is 44.5 Å². The second kappa shape index (κ2) is 7.62. The third-order valence-electron chi connectivity index (χ3n) is 3.10. The fraction of sp³-hybridized carbons (Fsp3) is 0.846. The Morgan fingerprint density at radius 1 is 1.37 bits per heavy atom. The zero-order valence-electron chi connectivity index (χ0n) is 12.7. The lowest BCUT2D eigenvalue weighted by atomic mass is 9.87. The lowest BCUT2D eigenvalue weighted by molar-refractivity contribution is -0.142. The van der Waals surface area contributed by atoms with Crippen molar-refractivity contribution in [3.05, 3.63) is 0 Å². The summed E-state index contributed by atoms with van der Waals surface area (Å²) in [5, 5.41) is 11.8. The summed E-state index contributed by atoms with van der Waals surface area (Å²) in [7, 11) is 1.70. The molecule has 0 aromatic heterocycles. The fourth-order valence-corrected chi connectivity index (χ4v) is 2.13. The minimum atomic E-state index is -1.01. The van der Waals surface area contributed by atoms with Crippen LogP contribution >= 0.6 is 11.8 Å². The predicted octanol–water partition coefficient (Wildman–Crippen LogP) is 2.27. The number of amides is 2. The third kappa shape index (κ3) is 6.18. The molecule has 2 N–H and O–H groups in total. The van der Waals surface area contributed by atoms with Gasteiger partial charge >= 0.3 is 12.0 Å². The zero-order chi connectivity index (χ0) is 15.2. The van der Waals surface area contributed by atoms with Crippen LogP contribution in [0.3, 0.4) is 0 Å². The van der Waals surface area contributed by atoms with Crippen LogP contribution in [0.25, 0.3) is 0 Å². The monoisotopic (exact) mass is 290 g/mol. The highest BCUT2D eigenvalue weighted by Crippen LogP contribution is 2.20. The van der Waals surface area contributed by atoms with Crippen molar-refractivity contribution in [2.24, 2.45) is 5.41 Å². The van der Waals surface area contributed by atoms with Gasteiger partial charge < -0.3 is 15.3 Å². The predicted molar refractivity (Wildman–Crippen MR) is 79.6 cm³/mol. The molecule has 0 aliphatic heterocycles. The van der Waals surface area contributed by atoms with Crippen LogP contribution in [0, 0.1) is 5.41 Å². The molecule has 0 aromatic rings. The topological polar surface area (TPSA) is 69.6 Å². The highest BCUT2D eigenvalue weighted by Gasteiger charge is 2.33. The first-order chi connectivity index (χ1) is 8.61. The number of nitrogens with one attached hydrogen (secondary N) is 1. The van der Waals surface area contributed by atoms with Crippen LogP contribution in [0.4, 0.5) is 4.79 Å². The fourth-order valence-electron chi connectivity index (χ4n) is 1.56. The van der Waals surface area contributed by atoms with E-state index in [0.717, 1.165) is 12.2 Å². The standard InChI is InChI=1S/C13H26N2O3S/c1-9(7-8-19-6)15(5)12(18)14-10(11(16)17)13(2,3)4/h9-10H,7-8H2,1-6H3,(H,14,18)(H,16,17)/t9?,10-/m0/s1. The van der Waals surface area contributed by atoms with Gasteiger partial charge in [-0.2, -0.15) is 11.8 Å². The number of carboxylic acid groups (broad SMARTS) is 1. The van der Waals surface area contributed by atoms with E-state index in [2.05, 4.69) is 5.32 Å². The van der Waals surface area contributed by atoms with Crippen molar-refractivity contribution in [2.45, 2.75) is 46.2 Å². The van der Waals surface area contributed by atoms with E-state index in [1.165, 1.54) is 0 Å². The number of rotatable bonds is 6. The highest BCUT2D eigenvalue weighted by molar-refractivity contribution is 7.98. The Hall–Kier alpha value is -0.910. The highest BCUT2D eigenvalue weighted by atomic mass is 32.2. The maximum absolute atomic E-state index is 12.1. The van der Waals surface area contributed by atoms with Gasteiger partial charge in [-0.15, -0.1) is 0 Å². The van der Waals surface area contributed by atoms with Crippen LogP contribution in [0.5, 0.6) is 0 Å². The number of aliphatic carboxylic acids is 1. The molecular weight excluding hydrogens is 264 g/mol. The lowest BCUT2D eigenvalue weighted by Gasteiger charge is -2.31. The van der Waals surface area contributed by atoms with E-state index in [4.69, 9.17) is 0 Å². The van der Waals surface area contributed by atoms with E-state index in [1.807, 2.05) is 13.2 Å². The molecule has 2 amide bonds. The summed E-state index contributed by atoms with van der Waals surface area (Å²) in [6.45, 7) is 7.35. The van der Waals surface area contributed by atoms with E-state index in [-0.39, 0.29) is 12.1 Å². The average Bonchev–Trinajstić information content (AvgIpc) is 2.29. The molecule has 5 nitrogen and oxygen atoms in total. The van der Waals surface area contributed by atoms with Crippen molar-refractivity contribution in [1.29, 1.82) is 0 Å². The van der Waals surface area contributed by atoms with E-state index in [0.29, 0.717) is 0 Å². The smallest absolute Gasteiger partial charge is 0.326 e. The minimum Gasteiger partial charge on any atom is -0.480 e. The molecular formula is C13H26N2O3S. The minimum absolute atomic E-state index is 0.0851. The van der Waals surface area contributed by atoms with Crippen molar-refractivity contribution in [3.63, 3.8) is 0 Å². The van der Waals surface area contributed by atoms with Crippen molar-refractivity contribution in [2.75, 3.05) is 19.1 Å². The Kier molecular flexibility index (Phi) is 7.26. The number of nitrogens with zero attached hydrogens (tertiary/aromatic N) is 1. The number of hydrogen-bond donors (Lipinski definition) is 2. The van der Waals surface area contributed by atoms with Gasteiger partial charge in [-0.05, 0) is 30.8 Å². The van der Waals surface area contributed by atoms with E-state index < -0.39 is 17.4 Å². The van der Waals surface area contributed by atoms with Gasteiger partial charge in [0.1, 0.15) is 6.04 Å². The van der Waals surface area contributed by atoms with Gasteiger partial charge in [-0.1, -0.05) is 20.8 Å². The molecule has 2 atom stereocenters. The van der Waals surface area contributed by atoms with Crippen LogP contribution in [0.1, 0.15) is 34.1 Å². The van der Waals surface area contributed by atoms with Crippen molar-refractivity contribution < 1.29 is 14.7 Å². The molecule has 0 radical (unpaired) electrons. The molecule has 112 valence electrons. The van der Waals surface area contributed by atoms with Gasteiger partial charge in [0.25, 0.3) is 0 Å². The quantitative estimate of drug-likeness (QED) is 0.787. The lowest BCUT2D eigenvalue weighted by Crippen LogP contribution is -2.54. The van der Waals surface area contributed by atoms with Gasteiger partial charge in [-0.3, -0.25) is 0 Å². The second-order valence-electron chi connectivity index (χ2n) is 5.83. The first kappa shape index (κ1) is 18.1. The molecule has 0 aliphatic rings. The van der Waals surface area contributed by atoms with E-state index >= 15 is 0 Å². The molecule has 0 heterocycles. The number of thioether (sulfide) groups is 1. The summed E-state index contributed by atoms with van der Waals surface area (Å²) in [6, 6.07) is -1.15. The van der Waals surface area contributed by atoms with Crippen LogP contribution in [-0.4, -0.2) is 53.1 Å². The van der Waals surface area contributed by atoms with Crippen molar-refractivity contribution >= 4 is 23.8 Å². The summed E-state index contributed by atoms with van der Waals surface area (Å²) in [4.78, 5) is 24.8. The second-order valence-corrected chi connectivity index (χ2v) is 6.81. The molecule has 0 bridgehead atoms. The molecule has 0 rings (SSSR count). The molecule has 0 aliphatic carbocycles. The molecule has 0 aromatic carbocycles. The first-order valence-electron chi connectivity index (χ1n) is 6.36. The molecule has 19 heavy (non-hydrogen) atoms. The van der Waals surface area contributed by atoms with Crippen LogP contribution in [-0.2, 0) is 4.79 Å². The van der Waals surface area contributed by atoms with Crippen molar-refractivity contribution in [3.8, 4) is 0 Å². The summed E-state index contributed by atoms with van der Waals surface area (Å²) < 4.78 is 0. The number of carbonyl (C=O) groups is 2. The Morgan fingerprint density at radius 2 is 1.89 bits per heavy atom. The van der Waals surface area contributed by atoms with Gasteiger partial charge in [-0.25, -0.2) is 9.59 Å². The number of urea groups is 1. The van der Waals surface area contributed by atoms with Gasteiger partial charge in [0.15, 0.2) is 0 Å². The first-order valence-corrected chi connectivity index (χ1v) is 7.75. The van der Waals surface area contributed by atoms with Gasteiger partial charge in [0.2, 0.25) is 0 Å². The zero-order valence-corrected chi connectivity index (χ0v) is 13.5. The number of carboxylic acids is 1. The Bertz CT molecular complexity index is 316.